The lowest BCUT2D eigenvalue weighted by molar-refractivity contribution is 0.669. The summed E-state index contributed by atoms with van der Waals surface area (Å²) in [4.78, 5) is 4.89. The summed E-state index contributed by atoms with van der Waals surface area (Å²) < 4.78 is 13.6. The van der Waals surface area contributed by atoms with Gasteiger partial charge in [-0.05, 0) is 139 Å². The molecule has 0 aliphatic carbocycles. The molecule has 0 fully saturated rings. The number of rotatable bonds is 9. The van der Waals surface area contributed by atoms with Crippen molar-refractivity contribution in [3.8, 4) is 33.4 Å². The zero-order chi connectivity index (χ0) is 50.9. The van der Waals surface area contributed by atoms with Crippen LogP contribution >= 0.6 is 0 Å². The van der Waals surface area contributed by atoms with Gasteiger partial charge in [0, 0.05) is 55.7 Å². The summed E-state index contributed by atoms with van der Waals surface area (Å²) in [5, 5.41) is 9.40. The zero-order valence-corrected chi connectivity index (χ0v) is 42.9. The summed E-state index contributed by atoms with van der Waals surface area (Å²) in [6.45, 7) is 0. The largest absolute Gasteiger partial charge is 0.456 e. The molecule has 0 bridgehead atoms. The molecule has 0 atom stereocenters. The average Bonchev–Trinajstić information content (AvgIpc) is 4.12. The minimum atomic E-state index is -3.39. The van der Waals surface area contributed by atoms with Crippen molar-refractivity contribution in [1.29, 1.82) is 0 Å². The van der Waals surface area contributed by atoms with Gasteiger partial charge in [0.2, 0.25) is 0 Å². The Labute approximate surface area is 447 Å². The first-order valence-electron chi connectivity index (χ1n) is 26.3. The third-order valence-electron chi connectivity index (χ3n) is 15.8. The maximum atomic E-state index is 6.81. The maximum absolute atomic E-state index is 6.81. The molecule has 77 heavy (non-hydrogen) atoms. The Morgan fingerprint density at radius 3 is 1.18 bits per heavy atom. The number of benzene rings is 12. The molecule has 4 nitrogen and oxygen atoms in total. The van der Waals surface area contributed by atoms with Crippen molar-refractivity contribution in [2.24, 2.45) is 0 Å². The van der Waals surface area contributed by atoms with E-state index in [4.69, 9.17) is 8.83 Å². The van der Waals surface area contributed by atoms with Crippen LogP contribution in [-0.4, -0.2) is 8.07 Å². The fraction of sp³-hybridized carbons (Fsp3) is 0. The first-order chi connectivity index (χ1) is 38.2. The quantitative estimate of drug-likeness (QED) is 0.135. The van der Waals surface area contributed by atoms with Crippen molar-refractivity contribution in [1.82, 2.24) is 0 Å². The number of anilines is 6. The fourth-order valence-corrected chi connectivity index (χ4v) is 17.2. The van der Waals surface area contributed by atoms with E-state index in [0.717, 1.165) is 89.1 Å². The molecule has 0 unspecified atom stereocenters. The number of hydrogen-bond donors (Lipinski definition) is 0. The van der Waals surface area contributed by atoms with E-state index < -0.39 is 8.07 Å². The molecule has 3 heterocycles. The second kappa shape index (κ2) is 18.2. The van der Waals surface area contributed by atoms with Crippen LogP contribution < -0.4 is 30.5 Å². The molecule has 0 radical (unpaired) electrons. The highest BCUT2D eigenvalue weighted by molar-refractivity contribution is 7.21. The molecule has 362 valence electrons. The molecule has 0 spiro atoms. The molecule has 15 rings (SSSR count). The zero-order valence-electron chi connectivity index (χ0n) is 41.9. The van der Waals surface area contributed by atoms with Crippen LogP contribution in [0.3, 0.4) is 0 Å². The van der Waals surface area contributed by atoms with E-state index in [1.807, 2.05) is 0 Å². The van der Waals surface area contributed by atoms with Crippen LogP contribution in [0.2, 0.25) is 0 Å². The van der Waals surface area contributed by atoms with Crippen LogP contribution in [0.15, 0.2) is 300 Å². The number of fused-ring (bicyclic) bond motifs is 8. The highest BCUT2D eigenvalue weighted by Crippen LogP contribution is 2.43. The smallest absolute Gasteiger partial charge is 0.184 e. The lowest BCUT2D eigenvalue weighted by Gasteiger charge is -2.45. The molecule has 0 amide bonds. The molecular weight excluding hydrogens is 953 g/mol. The Kier molecular flexibility index (Phi) is 10.5. The molecule has 12 aromatic carbocycles. The van der Waals surface area contributed by atoms with E-state index >= 15 is 0 Å². The van der Waals surface area contributed by atoms with Crippen molar-refractivity contribution >= 4 is 107 Å². The van der Waals surface area contributed by atoms with Crippen LogP contribution in [0.5, 0.6) is 0 Å². The lowest BCUT2D eigenvalue weighted by Crippen LogP contribution is -2.77. The number of furan rings is 2. The molecular formula is C72H48N2O2Si. The second-order valence-electron chi connectivity index (χ2n) is 20.0. The molecule has 2 aromatic heterocycles. The highest BCUT2D eigenvalue weighted by Gasteiger charge is 2.50. The summed E-state index contributed by atoms with van der Waals surface area (Å²) in [7, 11) is -3.39. The first-order valence-corrected chi connectivity index (χ1v) is 28.3. The Balaban J connectivity index is 0.984. The minimum Gasteiger partial charge on any atom is -0.456 e. The summed E-state index contributed by atoms with van der Waals surface area (Å²) in [6, 6.07) is 106. The van der Waals surface area contributed by atoms with Gasteiger partial charge >= 0.3 is 0 Å². The normalized spacial score (nSPS) is 12.8. The second-order valence-corrected chi connectivity index (χ2v) is 23.7. The number of para-hydroxylation sites is 4. The van der Waals surface area contributed by atoms with Crippen LogP contribution in [0.1, 0.15) is 0 Å². The van der Waals surface area contributed by atoms with Gasteiger partial charge in [0.1, 0.15) is 22.3 Å². The molecule has 1 aliphatic rings. The van der Waals surface area contributed by atoms with E-state index in [-0.39, 0.29) is 0 Å². The van der Waals surface area contributed by atoms with Crippen LogP contribution in [-0.2, 0) is 0 Å². The van der Waals surface area contributed by atoms with Crippen molar-refractivity contribution in [2.75, 3.05) is 9.80 Å². The molecule has 0 saturated heterocycles. The van der Waals surface area contributed by atoms with Gasteiger partial charge in [-0.2, -0.15) is 0 Å². The van der Waals surface area contributed by atoms with Crippen LogP contribution in [0, 0.1) is 0 Å². The van der Waals surface area contributed by atoms with Crippen molar-refractivity contribution in [3.05, 3.63) is 291 Å². The van der Waals surface area contributed by atoms with Gasteiger partial charge in [-0.3, -0.25) is 0 Å². The lowest BCUT2D eigenvalue weighted by atomic mass is 10.00. The van der Waals surface area contributed by atoms with Gasteiger partial charge in [-0.25, -0.2) is 0 Å². The van der Waals surface area contributed by atoms with Crippen LogP contribution in [0.25, 0.3) is 77.3 Å². The molecule has 14 aromatic rings. The van der Waals surface area contributed by atoms with Crippen molar-refractivity contribution < 1.29 is 8.83 Å². The number of hydrogen-bond acceptors (Lipinski definition) is 4. The minimum absolute atomic E-state index is 0.871. The van der Waals surface area contributed by atoms with Crippen LogP contribution in [0.4, 0.5) is 34.1 Å². The Morgan fingerprint density at radius 2 is 0.662 bits per heavy atom. The number of nitrogens with zero attached hydrogens (tertiary/aromatic N) is 2. The third-order valence-corrected chi connectivity index (χ3v) is 20.5. The highest BCUT2D eigenvalue weighted by atomic mass is 28.3. The monoisotopic (exact) mass is 1000 g/mol. The van der Waals surface area contributed by atoms with Gasteiger partial charge in [-0.15, -0.1) is 0 Å². The molecule has 5 heteroatoms. The predicted molar refractivity (Wildman–Crippen MR) is 324 cm³/mol. The van der Waals surface area contributed by atoms with E-state index in [1.54, 1.807) is 0 Å². The predicted octanol–water partition coefficient (Wildman–Crippen LogP) is 17.1. The van der Waals surface area contributed by atoms with Gasteiger partial charge in [0.05, 0.1) is 0 Å². The summed E-state index contributed by atoms with van der Waals surface area (Å²) in [5.74, 6) is 0. The van der Waals surface area contributed by atoms with Gasteiger partial charge < -0.3 is 18.6 Å². The van der Waals surface area contributed by atoms with E-state index in [1.165, 1.54) is 43.0 Å². The Morgan fingerprint density at radius 1 is 0.273 bits per heavy atom. The van der Waals surface area contributed by atoms with Gasteiger partial charge in [-0.1, -0.05) is 206 Å². The molecule has 0 saturated carbocycles. The van der Waals surface area contributed by atoms with Gasteiger partial charge in [0.15, 0.2) is 8.07 Å². The van der Waals surface area contributed by atoms with E-state index in [0.29, 0.717) is 0 Å². The molecule has 0 N–H and O–H groups in total. The van der Waals surface area contributed by atoms with Crippen molar-refractivity contribution in [3.63, 3.8) is 0 Å². The first kappa shape index (κ1) is 44.5. The Hall–Kier alpha value is -9.94. The van der Waals surface area contributed by atoms with E-state index in [2.05, 4.69) is 301 Å². The summed E-state index contributed by atoms with van der Waals surface area (Å²) in [5.41, 5.74) is 17.1. The summed E-state index contributed by atoms with van der Waals surface area (Å²) >= 11 is 0. The van der Waals surface area contributed by atoms with Crippen molar-refractivity contribution in [2.45, 2.75) is 0 Å². The summed E-state index contributed by atoms with van der Waals surface area (Å²) in [6.07, 6.45) is 0. The van der Waals surface area contributed by atoms with E-state index in [9.17, 15) is 0 Å². The molecule has 1 aliphatic heterocycles. The standard InChI is InChI=1S/C72H48N2O2Si/c1-4-16-49(17-5-1)51-28-30-52(31-29-51)54-34-38-57(39-35-54)73(56-36-32-53(33-37-56)50-18-6-2-7-19-50)58-40-45-66-72(46-58)77(59-41-43-63-61-22-10-13-25-67(61)75-69(63)47-59,60-42-44-64-62-23-11-14-26-68(62)76-70(64)48-60)71-27-15-12-24-65(71)74(66)55-20-8-3-9-21-55/h1-48H. The average molecular weight is 1000 g/mol. The van der Waals surface area contributed by atoms with Gasteiger partial charge in [0.25, 0.3) is 0 Å². The fourth-order valence-electron chi connectivity index (χ4n) is 12.2. The topological polar surface area (TPSA) is 32.8 Å². The maximum Gasteiger partial charge on any atom is 0.184 e. The SMILES string of the molecule is c1ccc(-c2ccc(-c3ccc(N(c4ccc(-c5ccccc5)cc4)c4ccc5c(c4)[Si](c4ccc6c(c4)oc4ccccc46)(c4ccc6c(c4)oc4ccccc46)c4ccccc4N5c4ccccc4)cc3)cc2)cc1. The Bertz CT molecular complexity index is 4380. The third kappa shape index (κ3) is 7.35.